The number of ether oxygens (including phenoxy) is 3. The number of methoxy groups -OCH3 is 1. The third kappa shape index (κ3) is 10.6. The molecule has 16 nitrogen and oxygen atoms in total. The first-order chi connectivity index (χ1) is 31.5. The number of aliphatic hydroxyl groups excluding tert-OH is 1. The van der Waals surface area contributed by atoms with Crippen molar-refractivity contribution in [2.75, 3.05) is 43.3 Å². The van der Waals surface area contributed by atoms with Gasteiger partial charge in [0, 0.05) is 25.6 Å². The largest absolute Gasteiger partial charge is 0.494 e. The molecule has 0 unspecified atom stereocenters. The summed E-state index contributed by atoms with van der Waals surface area (Å²) in [5.41, 5.74) is -1.33. The number of aryl methyl sites for hydroxylation is 1. The van der Waals surface area contributed by atoms with Crippen LogP contribution in [0.5, 0.6) is 11.6 Å². The van der Waals surface area contributed by atoms with Gasteiger partial charge in [0.15, 0.2) is 10.9 Å². The van der Waals surface area contributed by atoms with E-state index in [1.165, 1.54) is 60.4 Å². The standard InChI is InChI=1S/C45H48F4N8O8S2/c1-24-37(67-23-53-24)26-10-8-25(9-11-26)19-52-39(60)30-16-28(58)21-55(30)40(61)38(43(2,3)4)54-33(59)22-64-14-15-65-34-17-32(63-7)31(20-51-34)57-42(66)56(41(62)44(57,5)6)29-13-12-27(18-50)35(36(29)46)45(47,48)49/h8-13,17,20,23,28,30,38,58H,14-16,19,21-22H2,1-7H3,(H,52,60)(H,54,59)/t28-,30+,38-/m1/s1. The van der Waals surface area contributed by atoms with Crippen molar-refractivity contribution in [1.29, 1.82) is 5.26 Å². The Kier molecular flexibility index (Phi) is 14.9. The fourth-order valence-electron chi connectivity index (χ4n) is 7.70. The molecule has 2 saturated heterocycles. The third-order valence-electron chi connectivity index (χ3n) is 11.1. The lowest BCUT2D eigenvalue weighted by atomic mass is 9.85. The maximum atomic E-state index is 15.5. The highest BCUT2D eigenvalue weighted by Gasteiger charge is 2.53. The molecule has 6 rings (SSSR count). The molecule has 0 saturated carbocycles. The Balaban J connectivity index is 1.03. The van der Waals surface area contributed by atoms with E-state index in [0.717, 1.165) is 33.8 Å². The third-order valence-corrected chi connectivity index (χ3v) is 12.5. The van der Waals surface area contributed by atoms with Crippen LogP contribution in [0.15, 0.2) is 54.2 Å². The molecule has 2 aliphatic heterocycles. The van der Waals surface area contributed by atoms with E-state index in [4.69, 9.17) is 26.4 Å². The molecule has 4 amide bonds. The van der Waals surface area contributed by atoms with Gasteiger partial charge in [0.1, 0.15) is 47.8 Å². The van der Waals surface area contributed by atoms with Crippen molar-refractivity contribution in [1.82, 2.24) is 25.5 Å². The van der Waals surface area contributed by atoms with Gasteiger partial charge in [-0.1, -0.05) is 45.0 Å². The summed E-state index contributed by atoms with van der Waals surface area (Å²) in [4.78, 5) is 67.0. The summed E-state index contributed by atoms with van der Waals surface area (Å²) in [7, 11) is 1.30. The zero-order valence-corrected chi connectivity index (χ0v) is 39.1. The van der Waals surface area contributed by atoms with E-state index in [-0.39, 0.29) is 55.2 Å². The van der Waals surface area contributed by atoms with Crippen LogP contribution in [0.25, 0.3) is 10.4 Å². The number of hydrogen-bond acceptors (Lipinski definition) is 13. The number of thiocarbonyl (C=S) groups is 1. The van der Waals surface area contributed by atoms with E-state index >= 15 is 4.39 Å². The van der Waals surface area contributed by atoms with Gasteiger partial charge in [0.25, 0.3) is 5.91 Å². The van der Waals surface area contributed by atoms with Crippen molar-refractivity contribution in [3.63, 3.8) is 0 Å². The van der Waals surface area contributed by atoms with Gasteiger partial charge in [-0.15, -0.1) is 11.3 Å². The summed E-state index contributed by atoms with van der Waals surface area (Å²) in [6, 6.07) is 9.94. The molecule has 0 radical (unpaired) electrons. The summed E-state index contributed by atoms with van der Waals surface area (Å²) < 4.78 is 73.7. The number of likely N-dealkylation sites (tertiary alicyclic amines) is 1. The first-order valence-corrected chi connectivity index (χ1v) is 22.1. The number of benzene rings is 2. The van der Waals surface area contributed by atoms with Gasteiger partial charge in [-0.3, -0.25) is 29.0 Å². The molecule has 0 aliphatic carbocycles. The Morgan fingerprint density at radius 3 is 2.40 bits per heavy atom. The molecular formula is C45H48F4N8O8S2. The molecule has 22 heteroatoms. The predicted octanol–water partition coefficient (Wildman–Crippen LogP) is 5.67. The minimum absolute atomic E-state index is 0.0115. The number of nitrogens with one attached hydrogen (secondary N) is 2. The molecule has 67 heavy (non-hydrogen) atoms. The molecule has 2 aliphatic rings. The van der Waals surface area contributed by atoms with Gasteiger partial charge >= 0.3 is 6.18 Å². The molecule has 2 aromatic carbocycles. The van der Waals surface area contributed by atoms with E-state index in [1.54, 1.807) is 26.3 Å². The van der Waals surface area contributed by atoms with E-state index in [0.29, 0.717) is 4.90 Å². The normalized spacial score (nSPS) is 17.6. The van der Waals surface area contributed by atoms with E-state index in [2.05, 4.69) is 20.6 Å². The van der Waals surface area contributed by atoms with Crippen molar-refractivity contribution in [2.45, 2.75) is 84.4 Å². The molecule has 3 atom stereocenters. The van der Waals surface area contributed by atoms with Crippen LogP contribution < -0.4 is 29.9 Å². The van der Waals surface area contributed by atoms with Crippen molar-refractivity contribution >= 4 is 63.7 Å². The smallest absolute Gasteiger partial charge is 0.420 e. The second-order valence-corrected chi connectivity index (χ2v) is 18.5. The van der Waals surface area contributed by atoms with Gasteiger partial charge in [-0.25, -0.2) is 14.4 Å². The molecule has 4 aromatic rings. The highest BCUT2D eigenvalue weighted by molar-refractivity contribution is 7.81. The Morgan fingerprint density at radius 2 is 1.79 bits per heavy atom. The van der Waals surface area contributed by atoms with Crippen molar-refractivity contribution in [3.05, 3.63) is 82.4 Å². The van der Waals surface area contributed by atoms with Crippen LogP contribution in [0.4, 0.5) is 28.9 Å². The number of carbonyl (C=O) groups is 4. The second kappa shape index (κ2) is 19.9. The molecule has 0 bridgehead atoms. The van der Waals surface area contributed by atoms with Crippen LogP contribution in [-0.4, -0.2) is 106 Å². The van der Waals surface area contributed by atoms with Crippen LogP contribution in [0, 0.1) is 29.5 Å². The zero-order chi connectivity index (χ0) is 49.2. The van der Waals surface area contributed by atoms with E-state index < -0.39 is 88.2 Å². The second-order valence-electron chi connectivity index (χ2n) is 17.3. The molecular weight excluding hydrogens is 921 g/mol. The number of halogens is 4. The zero-order valence-electron chi connectivity index (χ0n) is 37.5. The number of amides is 4. The first kappa shape index (κ1) is 50.1. The summed E-state index contributed by atoms with van der Waals surface area (Å²) >= 11 is 7.06. The number of aliphatic hydroxyl groups is 1. The van der Waals surface area contributed by atoms with Crippen LogP contribution in [0.3, 0.4) is 0 Å². The van der Waals surface area contributed by atoms with Crippen LogP contribution in [-0.2, 0) is 36.6 Å². The lowest BCUT2D eigenvalue weighted by molar-refractivity contribution is -0.144. The summed E-state index contributed by atoms with van der Waals surface area (Å²) in [6.07, 6.45) is -4.93. The van der Waals surface area contributed by atoms with Gasteiger partial charge in [0.2, 0.25) is 23.6 Å². The lowest BCUT2D eigenvalue weighted by Crippen LogP contribution is -2.58. The summed E-state index contributed by atoms with van der Waals surface area (Å²) in [5, 5.41) is 25.0. The predicted molar refractivity (Wildman–Crippen MR) is 242 cm³/mol. The number of carbonyl (C=O) groups excluding carboxylic acids is 4. The highest BCUT2D eigenvalue weighted by atomic mass is 32.1. The van der Waals surface area contributed by atoms with Gasteiger partial charge < -0.3 is 34.9 Å². The number of β-amino-alcohol motifs (C(OH)–C–C–N with tert-alkyl or cyclic N) is 1. The Hall–Kier alpha value is -6.28. The summed E-state index contributed by atoms with van der Waals surface area (Å²) in [5.74, 6) is -4.23. The lowest BCUT2D eigenvalue weighted by Gasteiger charge is -2.35. The molecule has 3 N–H and O–H groups in total. The molecule has 2 aromatic heterocycles. The van der Waals surface area contributed by atoms with Crippen LogP contribution in [0.2, 0.25) is 0 Å². The summed E-state index contributed by atoms with van der Waals surface area (Å²) in [6.45, 7) is 9.43. The number of rotatable bonds is 15. The van der Waals surface area contributed by atoms with Crippen molar-refractivity contribution < 1.29 is 56.1 Å². The molecule has 0 spiro atoms. The number of hydrogen-bond donors (Lipinski definition) is 3. The van der Waals surface area contributed by atoms with E-state index in [9.17, 15) is 42.7 Å². The van der Waals surface area contributed by atoms with Crippen molar-refractivity contribution in [3.8, 4) is 28.1 Å². The van der Waals surface area contributed by atoms with E-state index in [1.807, 2.05) is 31.2 Å². The maximum Gasteiger partial charge on any atom is 0.420 e. The quantitative estimate of drug-likeness (QED) is 0.0749. The first-order valence-electron chi connectivity index (χ1n) is 20.8. The molecule has 356 valence electrons. The number of nitriles is 1. The fourth-order valence-corrected chi connectivity index (χ4v) is 9.01. The Morgan fingerprint density at radius 1 is 1.09 bits per heavy atom. The van der Waals surface area contributed by atoms with Crippen molar-refractivity contribution in [2.24, 2.45) is 5.41 Å². The number of aromatic nitrogens is 2. The Labute approximate surface area is 392 Å². The topological polar surface area (TPSA) is 200 Å². The number of thiazole rings is 1. The number of nitrogens with zero attached hydrogens (tertiary/aromatic N) is 6. The number of alkyl halides is 3. The minimum Gasteiger partial charge on any atom is -0.494 e. The molecule has 4 heterocycles. The van der Waals surface area contributed by atoms with Gasteiger partial charge in [0.05, 0.1) is 59.4 Å². The highest BCUT2D eigenvalue weighted by Crippen LogP contribution is 2.44. The SMILES string of the molecule is COc1cc(OCCOCC(=O)N[C@H](C(=O)N2C[C@H](O)C[C@H]2C(=O)NCc2ccc(-c3scnc3C)cc2)C(C)(C)C)ncc1N1C(=S)N(c2ccc(C#N)c(C(F)(F)F)c2F)C(=O)C1(C)C. The number of pyridine rings is 1. The maximum absolute atomic E-state index is 15.5. The average Bonchev–Trinajstić information content (AvgIpc) is 3.93. The number of anilines is 2. The Bertz CT molecular complexity index is 2600. The van der Waals surface area contributed by atoms with Gasteiger partial charge in [-0.05, 0) is 61.7 Å². The van der Waals surface area contributed by atoms with Gasteiger partial charge in [-0.2, -0.15) is 18.4 Å². The molecule has 2 fully saturated rings. The minimum atomic E-state index is -5.24. The fraction of sp³-hybridized carbons (Fsp3) is 0.422. The average molecular weight is 969 g/mol. The van der Waals surface area contributed by atoms with Crippen LogP contribution >= 0.6 is 23.6 Å². The monoisotopic (exact) mass is 968 g/mol. The van der Waals surface area contributed by atoms with Crippen LogP contribution in [0.1, 0.15) is 63.4 Å².